The van der Waals surface area contributed by atoms with Gasteiger partial charge in [0, 0.05) is 47.5 Å². The number of aryl methyl sites for hydroxylation is 1. The number of hydrogen-bond acceptors (Lipinski definition) is 3. The van der Waals surface area contributed by atoms with Gasteiger partial charge in [0.25, 0.3) is 5.91 Å². The van der Waals surface area contributed by atoms with Gasteiger partial charge >= 0.3 is 0 Å². The molecule has 0 bridgehead atoms. The van der Waals surface area contributed by atoms with E-state index >= 15 is 0 Å². The molecule has 0 unspecified atom stereocenters. The van der Waals surface area contributed by atoms with Gasteiger partial charge in [-0.3, -0.25) is 9.78 Å². The number of hydrogen-bond donors (Lipinski definition) is 2. The SMILES string of the molecule is Cc1[nH]c2ccc(-c3cncc(N4CCCCC4)c3)cc2c1C(=O)NC1CCCC1. The van der Waals surface area contributed by atoms with Gasteiger partial charge in [-0.15, -0.1) is 0 Å². The third-order valence-electron chi connectivity index (χ3n) is 6.68. The summed E-state index contributed by atoms with van der Waals surface area (Å²) in [6, 6.07) is 8.89. The minimum absolute atomic E-state index is 0.0444. The van der Waals surface area contributed by atoms with Gasteiger partial charge in [0.15, 0.2) is 0 Å². The number of fused-ring (bicyclic) bond motifs is 1. The van der Waals surface area contributed by atoms with E-state index in [1.165, 1.54) is 37.8 Å². The highest BCUT2D eigenvalue weighted by molar-refractivity contribution is 6.09. The lowest BCUT2D eigenvalue weighted by atomic mass is 10.0. The van der Waals surface area contributed by atoms with E-state index in [1.807, 2.05) is 19.3 Å². The van der Waals surface area contributed by atoms with Crippen LogP contribution >= 0.6 is 0 Å². The summed E-state index contributed by atoms with van der Waals surface area (Å²) in [6.07, 6.45) is 12.3. The number of anilines is 1. The number of amides is 1. The monoisotopic (exact) mass is 402 g/mol. The average Bonchev–Trinajstić information content (AvgIpc) is 3.40. The molecule has 0 radical (unpaired) electrons. The molecule has 1 amide bonds. The summed E-state index contributed by atoms with van der Waals surface area (Å²) < 4.78 is 0. The highest BCUT2D eigenvalue weighted by Gasteiger charge is 2.22. The zero-order chi connectivity index (χ0) is 20.5. The van der Waals surface area contributed by atoms with Crippen LogP contribution in [0.5, 0.6) is 0 Å². The fourth-order valence-electron chi connectivity index (χ4n) is 5.04. The first kappa shape index (κ1) is 19.2. The minimum Gasteiger partial charge on any atom is -0.370 e. The number of H-pyrrole nitrogens is 1. The van der Waals surface area contributed by atoms with Crippen LogP contribution in [0.15, 0.2) is 36.7 Å². The van der Waals surface area contributed by atoms with Gasteiger partial charge in [0.2, 0.25) is 0 Å². The van der Waals surface area contributed by atoms with Gasteiger partial charge in [-0.05, 0) is 62.8 Å². The van der Waals surface area contributed by atoms with Crippen molar-refractivity contribution in [1.29, 1.82) is 0 Å². The number of piperidine rings is 1. The molecule has 156 valence electrons. The van der Waals surface area contributed by atoms with Crippen LogP contribution in [0.3, 0.4) is 0 Å². The summed E-state index contributed by atoms with van der Waals surface area (Å²) in [5, 5.41) is 4.24. The normalized spacial score (nSPS) is 17.6. The zero-order valence-electron chi connectivity index (χ0n) is 17.7. The Morgan fingerprint density at radius 1 is 1.03 bits per heavy atom. The van der Waals surface area contributed by atoms with Crippen LogP contribution in [0.1, 0.15) is 61.0 Å². The van der Waals surface area contributed by atoms with Gasteiger partial charge in [0.1, 0.15) is 0 Å². The van der Waals surface area contributed by atoms with E-state index in [0.29, 0.717) is 6.04 Å². The molecular formula is C25H30N4O. The number of carbonyl (C=O) groups excluding carboxylic acids is 1. The molecule has 0 atom stereocenters. The fourth-order valence-corrected chi connectivity index (χ4v) is 5.04. The number of aromatic amines is 1. The molecule has 5 rings (SSSR count). The first-order chi connectivity index (χ1) is 14.7. The molecule has 0 spiro atoms. The van der Waals surface area contributed by atoms with Crippen molar-refractivity contribution in [3.05, 3.63) is 47.9 Å². The molecule has 2 N–H and O–H groups in total. The summed E-state index contributed by atoms with van der Waals surface area (Å²) in [6.45, 7) is 4.20. The second-order valence-corrected chi connectivity index (χ2v) is 8.82. The van der Waals surface area contributed by atoms with Crippen LogP contribution in [0.4, 0.5) is 5.69 Å². The van der Waals surface area contributed by atoms with Crippen molar-refractivity contribution in [3.63, 3.8) is 0 Å². The highest BCUT2D eigenvalue weighted by atomic mass is 16.1. The number of carbonyl (C=O) groups is 1. The van der Waals surface area contributed by atoms with Crippen molar-refractivity contribution in [2.75, 3.05) is 18.0 Å². The maximum absolute atomic E-state index is 13.1. The quantitative estimate of drug-likeness (QED) is 0.630. The van der Waals surface area contributed by atoms with Crippen LogP contribution in [0.2, 0.25) is 0 Å². The molecular weight excluding hydrogens is 372 g/mol. The largest absolute Gasteiger partial charge is 0.370 e. The van der Waals surface area contributed by atoms with E-state index in [2.05, 4.69) is 44.5 Å². The number of rotatable bonds is 4. The molecule has 30 heavy (non-hydrogen) atoms. The van der Waals surface area contributed by atoms with Crippen LogP contribution in [-0.4, -0.2) is 35.0 Å². The Morgan fingerprint density at radius 2 is 1.83 bits per heavy atom. The Hall–Kier alpha value is -2.82. The van der Waals surface area contributed by atoms with E-state index in [4.69, 9.17) is 0 Å². The Morgan fingerprint density at radius 3 is 2.63 bits per heavy atom. The Balaban J connectivity index is 1.48. The number of nitrogens with zero attached hydrogens (tertiary/aromatic N) is 2. The predicted octanol–water partition coefficient (Wildman–Crippen LogP) is 5.20. The van der Waals surface area contributed by atoms with Crippen molar-refractivity contribution >= 4 is 22.5 Å². The molecule has 1 saturated carbocycles. The van der Waals surface area contributed by atoms with Gasteiger partial charge in [-0.2, -0.15) is 0 Å². The molecule has 5 heteroatoms. The third kappa shape index (κ3) is 3.69. The third-order valence-corrected chi connectivity index (χ3v) is 6.68. The maximum Gasteiger partial charge on any atom is 0.253 e. The van der Waals surface area contributed by atoms with E-state index in [0.717, 1.165) is 59.2 Å². The van der Waals surface area contributed by atoms with Crippen molar-refractivity contribution in [3.8, 4) is 11.1 Å². The highest BCUT2D eigenvalue weighted by Crippen LogP contribution is 2.31. The van der Waals surface area contributed by atoms with E-state index in [1.54, 1.807) is 0 Å². The topological polar surface area (TPSA) is 61.0 Å². The summed E-state index contributed by atoms with van der Waals surface area (Å²) in [5.74, 6) is 0.0444. The number of aromatic nitrogens is 2. The second kappa shape index (κ2) is 8.13. The minimum atomic E-state index is 0.0444. The number of benzene rings is 1. The molecule has 1 aliphatic heterocycles. The van der Waals surface area contributed by atoms with Gasteiger partial charge in [-0.25, -0.2) is 0 Å². The molecule has 2 aromatic heterocycles. The molecule has 2 fully saturated rings. The summed E-state index contributed by atoms with van der Waals surface area (Å²) in [4.78, 5) is 23.4. The van der Waals surface area contributed by atoms with E-state index < -0.39 is 0 Å². The zero-order valence-corrected chi connectivity index (χ0v) is 17.7. The molecule has 1 aliphatic carbocycles. The predicted molar refractivity (Wildman–Crippen MR) is 122 cm³/mol. The number of pyridine rings is 1. The standard InChI is InChI=1S/C25H30N4O/c1-17-24(25(30)28-20-7-3-4-8-20)22-14-18(9-10-23(22)27-17)19-13-21(16-26-15-19)29-11-5-2-6-12-29/h9-10,13-16,20,27H,2-8,11-12H2,1H3,(H,28,30). The molecule has 1 aromatic carbocycles. The molecule has 2 aliphatic rings. The summed E-state index contributed by atoms with van der Waals surface area (Å²) in [7, 11) is 0. The maximum atomic E-state index is 13.1. The lowest BCUT2D eigenvalue weighted by molar-refractivity contribution is 0.0939. The van der Waals surface area contributed by atoms with Gasteiger partial charge in [-0.1, -0.05) is 18.9 Å². The van der Waals surface area contributed by atoms with Crippen molar-refractivity contribution < 1.29 is 4.79 Å². The smallest absolute Gasteiger partial charge is 0.253 e. The van der Waals surface area contributed by atoms with Crippen LogP contribution in [0.25, 0.3) is 22.0 Å². The van der Waals surface area contributed by atoms with Crippen molar-refractivity contribution in [1.82, 2.24) is 15.3 Å². The first-order valence-corrected chi connectivity index (χ1v) is 11.3. The number of nitrogens with one attached hydrogen (secondary N) is 2. The van der Waals surface area contributed by atoms with Crippen LogP contribution in [-0.2, 0) is 0 Å². The summed E-state index contributed by atoms with van der Waals surface area (Å²) >= 11 is 0. The lowest BCUT2D eigenvalue weighted by Crippen LogP contribution is -2.32. The van der Waals surface area contributed by atoms with Crippen LogP contribution in [0, 0.1) is 6.92 Å². The molecule has 1 saturated heterocycles. The Bertz CT molecular complexity index is 1060. The fraction of sp³-hybridized carbons (Fsp3) is 0.440. The van der Waals surface area contributed by atoms with Crippen molar-refractivity contribution in [2.24, 2.45) is 0 Å². The van der Waals surface area contributed by atoms with Gasteiger partial charge < -0.3 is 15.2 Å². The van der Waals surface area contributed by atoms with E-state index in [9.17, 15) is 4.79 Å². The lowest BCUT2D eigenvalue weighted by Gasteiger charge is -2.28. The molecule has 3 heterocycles. The summed E-state index contributed by atoms with van der Waals surface area (Å²) in [5.41, 5.74) is 6.10. The Kier molecular flexibility index (Phi) is 5.19. The first-order valence-electron chi connectivity index (χ1n) is 11.3. The second-order valence-electron chi connectivity index (χ2n) is 8.82. The van der Waals surface area contributed by atoms with Gasteiger partial charge in [0.05, 0.1) is 17.4 Å². The van der Waals surface area contributed by atoms with Crippen LogP contribution < -0.4 is 10.2 Å². The molecule has 5 nitrogen and oxygen atoms in total. The Labute approximate surface area is 177 Å². The average molecular weight is 403 g/mol. The molecule has 3 aromatic rings. The van der Waals surface area contributed by atoms with Crippen molar-refractivity contribution in [2.45, 2.75) is 57.9 Å². The van der Waals surface area contributed by atoms with E-state index in [-0.39, 0.29) is 5.91 Å².